The van der Waals surface area contributed by atoms with Crippen LogP contribution in [0.1, 0.15) is 16.1 Å². The fourth-order valence-electron chi connectivity index (χ4n) is 2.14. The van der Waals surface area contributed by atoms with Gasteiger partial charge < -0.3 is 9.32 Å². The average Bonchev–Trinajstić information content (AvgIpc) is 3.18. The summed E-state index contributed by atoms with van der Waals surface area (Å²) >= 11 is 1.60. The Balaban J connectivity index is 1.75. The van der Waals surface area contributed by atoms with E-state index in [1.807, 2.05) is 16.8 Å². The fourth-order valence-corrected chi connectivity index (χ4v) is 2.80. The fraction of sp³-hybridized carbons (Fsp3) is 0.118. The van der Waals surface area contributed by atoms with Crippen LogP contribution >= 0.6 is 11.3 Å². The Morgan fingerprint density at radius 2 is 1.95 bits per heavy atom. The molecule has 112 valence electrons. The molecule has 1 amide bonds. The molecular formula is C17H14FNO2S. The molecular weight excluding hydrogens is 301 g/mol. The highest BCUT2D eigenvalue weighted by Gasteiger charge is 2.17. The van der Waals surface area contributed by atoms with Crippen molar-refractivity contribution in [2.75, 3.05) is 7.05 Å². The van der Waals surface area contributed by atoms with Crippen molar-refractivity contribution in [1.82, 2.24) is 4.90 Å². The van der Waals surface area contributed by atoms with Crippen LogP contribution in [0.2, 0.25) is 0 Å². The molecule has 0 bridgehead atoms. The summed E-state index contributed by atoms with van der Waals surface area (Å²) < 4.78 is 18.5. The molecule has 0 N–H and O–H groups in total. The van der Waals surface area contributed by atoms with E-state index in [1.165, 1.54) is 12.1 Å². The maximum Gasteiger partial charge on any atom is 0.289 e. The number of hydrogen-bond acceptors (Lipinski definition) is 3. The first-order valence-corrected chi connectivity index (χ1v) is 7.70. The van der Waals surface area contributed by atoms with Crippen LogP contribution in [0.25, 0.3) is 11.3 Å². The predicted molar refractivity (Wildman–Crippen MR) is 84.2 cm³/mol. The first-order chi connectivity index (χ1) is 10.6. The number of hydrogen-bond donors (Lipinski definition) is 0. The third-order valence-corrected chi connectivity index (χ3v) is 4.02. The van der Waals surface area contributed by atoms with Crippen molar-refractivity contribution in [2.45, 2.75) is 6.54 Å². The zero-order valence-electron chi connectivity index (χ0n) is 12.0. The van der Waals surface area contributed by atoms with Crippen LogP contribution in [-0.4, -0.2) is 17.9 Å². The van der Waals surface area contributed by atoms with Crippen LogP contribution in [0.5, 0.6) is 0 Å². The molecule has 0 fully saturated rings. The second-order valence-electron chi connectivity index (χ2n) is 4.96. The SMILES string of the molecule is CN(Cc1ccsc1)C(=O)c1ccc(-c2ccc(F)cc2)o1. The van der Waals surface area contributed by atoms with Gasteiger partial charge in [0.05, 0.1) is 0 Å². The van der Waals surface area contributed by atoms with Crippen molar-refractivity contribution < 1.29 is 13.6 Å². The van der Waals surface area contributed by atoms with E-state index in [0.717, 1.165) is 11.1 Å². The summed E-state index contributed by atoms with van der Waals surface area (Å²) in [6.45, 7) is 0.537. The minimum atomic E-state index is -0.304. The van der Waals surface area contributed by atoms with Gasteiger partial charge in [-0.3, -0.25) is 4.79 Å². The molecule has 0 spiro atoms. The number of thiophene rings is 1. The Morgan fingerprint density at radius 1 is 1.18 bits per heavy atom. The van der Waals surface area contributed by atoms with Gasteiger partial charge in [-0.25, -0.2) is 4.39 Å². The van der Waals surface area contributed by atoms with E-state index in [2.05, 4.69) is 0 Å². The van der Waals surface area contributed by atoms with Crippen molar-refractivity contribution in [3.63, 3.8) is 0 Å². The number of benzene rings is 1. The number of carbonyl (C=O) groups excluding carboxylic acids is 1. The predicted octanol–water partition coefficient (Wildman–Crippen LogP) is 4.42. The second kappa shape index (κ2) is 6.15. The van der Waals surface area contributed by atoms with E-state index < -0.39 is 0 Å². The number of carbonyl (C=O) groups is 1. The van der Waals surface area contributed by atoms with Gasteiger partial charge in [-0.15, -0.1) is 0 Å². The van der Waals surface area contributed by atoms with Crippen molar-refractivity contribution in [3.05, 3.63) is 70.4 Å². The molecule has 0 aliphatic carbocycles. The summed E-state index contributed by atoms with van der Waals surface area (Å²) in [4.78, 5) is 14.0. The van der Waals surface area contributed by atoms with Crippen LogP contribution in [0.4, 0.5) is 4.39 Å². The second-order valence-corrected chi connectivity index (χ2v) is 5.74. The van der Waals surface area contributed by atoms with Gasteiger partial charge in [-0.05, 0) is 58.8 Å². The summed E-state index contributed by atoms with van der Waals surface area (Å²) in [5, 5.41) is 3.99. The standard InChI is InChI=1S/C17H14FNO2S/c1-19(10-12-8-9-22-11-12)17(20)16-7-6-15(21-16)13-2-4-14(18)5-3-13/h2-9,11H,10H2,1H3. The van der Waals surface area contributed by atoms with Crippen molar-refractivity contribution in [1.29, 1.82) is 0 Å². The van der Waals surface area contributed by atoms with Crippen LogP contribution < -0.4 is 0 Å². The van der Waals surface area contributed by atoms with Gasteiger partial charge >= 0.3 is 0 Å². The summed E-state index contributed by atoms with van der Waals surface area (Å²) in [7, 11) is 1.74. The largest absolute Gasteiger partial charge is 0.451 e. The maximum atomic E-state index is 12.9. The Bertz CT molecular complexity index is 762. The van der Waals surface area contributed by atoms with Crippen molar-refractivity contribution in [2.24, 2.45) is 0 Å². The minimum Gasteiger partial charge on any atom is -0.451 e. The highest BCUT2D eigenvalue weighted by atomic mass is 32.1. The van der Waals surface area contributed by atoms with E-state index in [9.17, 15) is 9.18 Å². The molecule has 0 atom stereocenters. The smallest absolute Gasteiger partial charge is 0.289 e. The van der Waals surface area contributed by atoms with Gasteiger partial charge in [-0.1, -0.05) is 0 Å². The Morgan fingerprint density at radius 3 is 2.64 bits per heavy atom. The van der Waals surface area contributed by atoms with E-state index in [4.69, 9.17) is 4.42 Å². The van der Waals surface area contributed by atoms with Crippen LogP contribution in [0, 0.1) is 5.82 Å². The van der Waals surface area contributed by atoms with Crippen LogP contribution in [-0.2, 0) is 6.54 Å². The van der Waals surface area contributed by atoms with Gasteiger partial charge in [0.15, 0.2) is 5.76 Å². The molecule has 2 aromatic heterocycles. The highest BCUT2D eigenvalue weighted by molar-refractivity contribution is 7.07. The molecule has 0 saturated heterocycles. The van der Waals surface area contributed by atoms with Gasteiger partial charge in [0.2, 0.25) is 0 Å². The molecule has 0 aliphatic heterocycles. The lowest BCUT2D eigenvalue weighted by molar-refractivity contribution is 0.0754. The molecule has 0 radical (unpaired) electrons. The summed E-state index contributed by atoms with van der Waals surface area (Å²) in [6, 6.07) is 11.3. The molecule has 3 rings (SSSR count). The lowest BCUT2D eigenvalue weighted by Gasteiger charge is -2.14. The Hall–Kier alpha value is -2.40. The topological polar surface area (TPSA) is 33.5 Å². The molecule has 2 heterocycles. The van der Waals surface area contributed by atoms with Crippen LogP contribution in [0.3, 0.4) is 0 Å². The first-order valence-electron chi connectivity index (χ1n) is 6.76. The molecule has 3 nitrogen and oxygen atoms in total. The lowest BCUT2D eigenvalue weighted by atomic mass is 10.2. The first kappa shape index (κ1) is 14.5. The molecule has 5 heteroatoms. The molecule has 22 heavy (non-hydrogen) atoms. The third kappa shape index (κ3) is 3.09. The number of nitrogens with zero attached hydrogens (tertiary/aromatic N) is 1. The minimum absolute atomic E-state index is 0.181. The molecule has 0 unspecified atom stereocenters. The summed E-state index contributed by atoms with van der Waals surface area (Å²) in [5.41, 5.74) is 1.83. The van der Waals surface area contributed by atoms with Crippen LogP contribution in [0.15, 0.2) is 57.6 Å². The normalized spacial score (nSPS) is 10.6. The van der Waals surface area contributed by atoms with Gasteiger partial charge in [0.1, 0.15) is 11.6 Å². The van der Waals surface area contributed by atoms with Crippen molar-refractivity contribution in [3.8, 4) is 11.3 Å². The van der Waals surface area contributed by atoms with Gasteiger partial charge in [-0.2, -0.15) is 11.3 Å². The lowest BCUT2D eigenvalue weighted by Crippen LogP contribution is -2.25. The van der Waals surface area contributed by atoms with E-state index >= 15 is 0 Å². The Labute approximate surface area is 131 Å². The number of amides is 1. The number of furan rings is 1. The summed E-state index contributed by atoms with van der Waals surface area (Å²) in [5.74, 6) is 0.339. The number of halogens is 1. The zero-order valence-corrected chi connectivity index (χ0v) is 12.8. The van der Waals surface area contributed by atoms with Gasteiger partial charge in [0.25, 0.3) is 5.91 Å². The Kier molecular flexibility index (Phi) is 4.06. The average molecular weight is 315 g/mol. The summed E-state index contributed by atoms with van der Waals surface area (Å²) in [6.07, 6.45) is 0. The molecule has 1 aromatic carbocycles. The van der Waals surface area contributed by atoms with Gasteiger partial charge in [0, 0.05) is 19.2 Å². The van der Waals surface area contributed by atoms with E-state index in [1.54, 1.807) is 47.5 Å². The molecule has 0 aliphatic rings. The molecule has 0 saturated carbocycles. The van der Waals surface area contributed by atoms with E-state index in [0.29, 0.717) is 12.3 Å². The maximum absolute atomic E-state index is 12.9. The van der Waals surface area contributed by atoms with E-state index in [-0.39, 0.29) is 17.5 Å². The number of rotatable bonds is 4. The zero-order chi connectivity index (χ0) is 15.5. The molecule has 3 aromatic rings. The monoisotopic (exact) mass is 315 g/mol. The van der Waals surface area contributed by atoms with Crippen molar-refractivity contribution >= 4 is 17.2 Å². The third-order valence-electron chi connectivity index (χ3n) is 3.29. The quantitative estimate of drug-likeness (QED) is 0.714. The highest BCUT2D eigenvalue weighted by Crippen LogP contribution is 2.23.